The summed E-state index contributed by atoms with van der Waals surface area (Å²) in [6.45, 7) is 1.86. The number of aryl methyl sites for hydroxylation is 1. The van der Waals surface area contributed by atoms with Gasteiger partial charge in [-0.2, -0.15) is 0 Å². The number of halogens is 1. The summed E-state index contributed by atoms with van der Waals surface area (Å²) in [6.07, 6.45) is 0. The van der Waals surface area contributed by atoms with E-state index < -0.39 is 21.8 Å². The predicted octanol–water partition coefficient (Wildman–Crippen LogP) is 3.80. The van der Waals surface area contributed by atoms with Crippen LogP contribution in [0.2, 0.25) is 5.02 Å². The third kappa shape index (κ3) is 4.97. The van der Waals surface area contributed by atoms with Gasteiger partial charge in [0.05, 0.1) is 15.5 Å². The van der Waals surface area contributed by atoms with Crippen molar-refractivity contribution in [3.05, 3.63) is 88.4 Å². The number of anilines is 2. The first-order valence-electron chi connectivity index (χ1n) is 8.76. The van der Waals surface area contributed by atoms with Gasteiger partial charge in [-0.3, -0.25) is 14.3 Å². The zero-order valence-electron chi connectivity index (χ0n) is 15.8. The number of nitrogens with one attached hydrogen (secondary N) is 2. The lowest BCUT2D eigenvalue weighted by Gasteiger charge is -2.12. The first-order chi connectivity index (χ1) is 14.2. The molecule has 9 heteroatoms. The molecule has 0 heterocycles. The summed E-state index contributed by atoms with van der Waals surface area (Å²) in [7, 11) is -3.83. The lowest BCUT2D eigenvalue weighted by molar-refractivity contribution is 0.0998. The van der Waals surface area contributed by atoms with Crippen LogP contribution in [0.5, 0.6) is 0 Å². The largest absolute Gasteiger partial charge is 0.366 e. The highest BCUT2D eigenvalue weighted by Crippen LogP contribution is 2.24. The molecule has 0 spiro atoms. The zero-order chi connectivity index (χ0) is 21.9. The van der Waals surface area contributed by atoms with Crippen LogP contribution in [0.15, 0.2) is 71.6 Å². The van der Waals surface area contributed by atoms with Gasteiger partial charge in [-0.1, -0.05) is 29.3 Å². The van der Waals surface area contributed by atoms with Gasteiger partial charge in [0.25, 0.3) is 15.9 Å². The number of rotatable bonds is 6. The number of carbonyl (C=O) groups is 2. The van der Waals surface area contributed by atoms with E-state index in [1.807, 2.05) is 6.92 Å². The van der Waals surface area contributed by atoms with E-state index in [2.05, 4.69) is 10.0 Å². The Hall–Kier alpha value is -3.36. The standard InChI is InChI=1S/C21H18ClN3O4S/c1-13-2-9-17(10-3-13)30(28,29)25-16-8-11-19(22)18(12-16)21(27)24-15-6-4-14(5-7-15)20(23)26/h2-12,25H,1H3,(H2,23,26)(H,24,27). The van der Waals surface area contributed by atoms with E-state index in [-0.39, 0.29) is 21.2 Å². The normalized spacial score (nSPS) is 11.0. The number of sulfonamides is 1. The number of primary amides is 1. The molecular weight excluding hydrogens is 426 g/mol. The number of hydrogen-bond donors (Lipinski definition) is 3. The van der Waals surface area contributed by atoms with Crippen LogP contribution in [0.4, 0.5) is 11.4 Å². The third-order valence-corrected chi connectivity index (χ3v) is 5.95. The van der Waals surface area contributed by atoms with E-state index in [0.717, 1.165) is 5.56 Å². The Morgan fingerprint density at radius 3 is 2.10 bits per heavy atom. The summed E-state index contributed by atoms with van der Waals surface area (Å²) in [5.41, 5.74) is 7.13. The smallest absolute Gasteiger partial charge is 0.261 e. The van der Waals surface area contributed by atoms with Crippen molar-refractivity contribution in [1.29, 1.82) is 0 Å². The van der Waals surface area contributed by atoms with Crippen molar-refractivity contribution in [3.63, 3.8) is 0 Å². The second-order valence-corrected chi connectivity index (χ2v) is 8.60. The number of amides is 2. The van der Waals surface area contributed by atoms with Gasteiger partial charge >= 0.3 is 0 Å². The van der Waals surface area contributed by atoms with Crippen LogP contribution in [0, 0.1) is 6.92 Å². The van der Waals surface area contributed by atoms with Crippen molar-refractivity contribution in [2.24, 2.45) is 5.73 Å². The zero-order valence-corrected chi connectivity index (χ0v) is 17.4. The van der Waals surface area contributed by atoms with Crippen LogP contribution in [-0.4, -0.2) is 20.2 Å². The van der Waals surface area contributed by atoms with Crippen LogP contribution in [-0.2, 0) is 10.0 Å². The van der Waals surface area contributed by atoms with Crippen LogP contribution >= 0.6 is 11.6 Å². The number of benzene rings is 3. The van der Waals surface area contributed by atoms with Gasteiger partial charge in [-0.05, 0) is 61.5 Å². The molecule has 0 aliphatic heterocycles. The van der Waals surface area contributed by atoms with E-state index in [9.17, 15) is 18.0 Å². The maximum absolute atomic E-state index is 12.6. The van der Waals surface area contributed by atoms with E-state index in [1.54, 1.807) is 12.1 Å². The lowest BCUT2D eigenvalue weighted by atomic mass is 10.1. The number of nitrogens with two attached hydrogens (primary N) is 1. The molecule has 4 N–H and O–H groups in total. The first kappa shape index (κ1) is 21.4. The Morgan fingerprint density at radius 2 is 1.50 bits per heavy atom. The Morgan fingerprint density at radius 1 is 0.900 bits per heavy atom. The number of carbonyl (C=O) groups excluding carboxylic acids is 2. The Balaban J connectivity index is 1.81. The summed E-state index contributed by atoms with van der Waals surface area (Å²) >= 11 is 6.13. The maximum Gasteiger partial charge on any atom is 0.261 e. The molecule has 154 valence electrons. The summed E-state index contributed by atoms with van der Waals surface area (Å²) in [4.78, 5) is 23.8. The van der Waals surface area contributed by atoms with Gasteiger partial charge in [0.1, 0.15) is 0 Å². The maximum atomic E-state index is 12.6. The molecule has 0 aliphatic carbocycles. The first-order valence-corrected chi connectivity index (χ1v) is 10.6. The van der Waals surface area contributed by atoms with Crippen LogP contribution in [0.3, 0.4) is 0 Å². The molecule has 0 bridgehead atoms. The molecule has 0 aromatic heterocycles. The van der Waals surface area contributed by atoms with Crippen molar-refractivity contribution in [2.45, 2.75) is 11.8 Å². The molecule has 30 heavy (non-hydrogen) atoms. The van der Waals surface area contributed by atoms with Crippen molar-refractivity contribution in [1.82, 2.24) is 0 Å². The summed E-state index contributed by atoms with van der Waals surface area (Å²) in [5, 5.41) is 2.79. The molecule has 0 aliphatic rings. The molecule has 0 unspecified atom stereocenters. The molecule has 0 saturated carbocycles. The SMILES string of the molecule is Cc1ccc(S(=O)(=O)Nc2ccc(Cl)c(C(=O)Nc3ccc(C(N)=O)cc3)c2)cc1. The van der Waals surface area contributed by atoms with Gasteiger partial charge in [-0.25, -0.2) is 8.42 Å². The third-order valence-electron chi connectivity index (χ3n) is 4.22. The Kier molecular flexibility index (Phi) is 6.09. The average molecular weight is 444 g/mol. The van der Waals surface area contributed by atoms with Crippen LogP contribution in [0.1, 0.15) is 26.3 Å². The fourth-order valence-corrected chi connectivity index (χ4v) is 3.86. The van der Waals surface area contributed by atoms with Crippen molar-refractivity contribution < 1.29 is 18.0 Å². The van der Waals surface area contributed by atoms with E-state index >= 15 is 0 Å². The van der Waals surface area contributed by atoms with Gasteiger partial charge < -0.3 is 11.1 Å². The van der Waals surface area contributed by atoms with E-state index in [4.69, 9.17) is 17.3 Å². The Labute approximate surface area is 178 Å². The highest BCUT2D eigenvalue weighted by molar-refractivity contribution is 7.92. The average Bonchev–Trinajstić information content (AvgIpc) is 2.70. The summed E-state index contributed by atoms with van der Waals surface area (Å²) in [5.74, 6) is -1.12. The predicted molar refractivity (Wildman–Crippen MR) is 116 cm³/mol. The summed E-state index contributed by atoms with van der Waals surface area (Å²) in [6, 6.07) is 16.6. The quantitative estimate of drug-likeness (QED) is 0.536. The van der Waals surface area contributed by atoms with E-state index in [0.29, 0.717) is 11.3 Å². The lowest BCUT2D eigenvalue weighted by Crippen LogP contribution is -2.16. The second-order valence-electron chi connectivity index (χ2n) is 6.51. The van der Waals surface area contributed by atoms with Crippen molar-refractivity contribution >= 4 is 44.8 Å². The minimum absolute atomic E-state index is 0.0831. The Bertz CT molecular complexity index is 1210. The van der Waals surface area contributed by atoms with Crippen molar-refractivity contribution in [3.8, 4) is 0 Å². The topological polar surface area (TPSA) is 118 Å². The molecule has 2 amide bonds. The second kappa shape index (κ2) is 8.56. The molecular formula is C21H18ClN3O4S. The number of hydrogen-bond acceptors (Lipinski definition) is 4. The molecule has 0 fully saturated rings. The minimum Gasteiger partial charge on any atom is -0.366 e. The van der Waals surface area contributed by atoms with Gasteiger partial charge in [0, 0.05) is 16.9 Å². The molecule has 0 atom stereocenters. The monoisotopic (exact) mass is 443 g/mol. The molecule has 3 aromatic carbocycles. The molecule has 0 saturated heterocycles. The highest BCUT2D eigenvalue weighted by atomic mass is 35.5. The van der Waals surface area contributed by atoms with Crippen LogP contribution < -0.4 is 15.8 Å². The highest BCUT2D eigenvalue weighted by Gasteiger charge is 2.17. The van der Waals surface area contributed by atoms with Gasteiger partial charge in [-0.15, -0.1) is 0 Å². The molecule has 0 radical (unpaired) electrons. The molecule has 3 rings (SSSR count). The van der Waals surface area contributed by atoms with Gasteiger partial charge in [0.15, 0.2) is 0 Å². The summed E-state index contributed by atoms with van der Waals surface area (Å²) < 4.78 is 27.6. The molecule has 7 nitrogen and oxygen atoms in total. The van der Waals surface area contributed by atoms with Crippen molar-refractivity contribution in [2.75, 3.05) is 10.0 Å². The van der Waals surface area contributed by atoms with Crippen LogP contribution in [0.25, 0.3) is 0 Å². The van der Waals surface area contributed by atoms with E-state index in [1.165, 1.54) is 54.6 Å². The minimum atomic E-state index is -3.83. The fourth-order valence-electron chi connectivity index (χ4n) is 2.61. The molecule has 3 aromatic rings. The van der Waals surface area contributed by atoms with Gasteiger partial charge in [0.2, 0.25) is 5.91 Å². The fraction of sp³-hybridized carbons (Fsp3) is 0.0476.